The van der Waals surface area contributed by atoms with Crippen LogP contribution in [-0.2, 0) is 6.42 Å². The number of benzene rings is 2. The van der Waals surface area contributed by atoms with Gasteiger partial charge < -0.3 is 26.0 Å². The van der Waals surface area contributed by atoms with Crippen molar-refractivity contribution in [3.8, 4) is 5.75 Å². The van der Waals surface area contributed by atoms with Crippen LogP contribution in [0.3, 0.4) is 0 Å². The molecule has 0 bridgehead atoms. The number of nitrogens with zero attached hydrogens (tertiary/aromatic N) is 1. The van der Waals surface area contributed by atoms with Gasteiger partial charge in [-0.3, -0.25) is 0 Å². The van der Waals surface area contributed by atoms with Crippen molar-refractivity contribution in [3.05, 3.63) is 54.1 Å². The van der Waals surface area contributed by atoms with Gasteiger partial charge in [-0.15, -0.1) is 0 Å². The van der Waals surface area contributed by atoms with Crippen molar-refractivity contribution in [2.45, 2.75) is 25.3 Å². The Morgan fingerprint density at radius 1 is 1.15 bits per heavy atom. The van der Waals surface area contributed by atoms with Gasteiger partial charge in [-0.2, -0.15) is 0 Å². The number of ether oxygens (including phenoxy) is 1. The lowest BCUT2D eigenvalue weighted by molar-refractivity contribution is 0.209. The number of rotatable bonds is 6. The molecule has 6 heteroatoms. The zero-order valence-corrected chi connectivity index (χ0v) is 16.6. The maximum Gasteiger partial charge on any atom is 0.171 e. The highest BCUT2D eigenvalue weighted by Crippen LogP contribution is 2.17. The molecule has 2 aromatic carbocycles. The first kappa shape index (κ1) is 19.5. The molecule has 0 amide bonds. The first-order valence-corrected chi connectivity index (χ1v) is 9.82. The van der Waals surface area contributed by atoms with E-state index in [4.69, 9.17) is 22.7 Å². The maximum atomic E-state index is 5.95. The van der Waals surface area contributed by atoms with Gasteiger partial charge in [-0.1, -0.05) is 24.3 Å². The zero-order valence-electron chi connectivity index (χ0n) is 15.8. The molecule has 1 aliphatic rings. The summed E-state index contributed by atoms with van der Waals surface area (Å²) in [5.41, 5.74) is 8.86. The molecule has 1 fully saturated rings. The van der Waals surface area contributed by atoms with Crippen LogP contribution in [-0.4, -0.2) is 42.8 Å². The molecular formula is C21H28N4OS. The second-order valence-electron chi connectivity index (χ2n) is 6.90. The van der Waals surface area contributed by atoms with Gasteiger partial charge in [0.05, 0.1) is 18.5 Å². The molecule has 3 rings (SSSR count). The van der Waals surface area contributed by atoms with Crippen molar-refractivity contribution in [3.63, 3.8) is 0 Å². The van der Waals surface area contributed by atoms with E-state index in [1.807, 2.05) is 36.4 Å². The highest BCUT2D eigenvalue weighted by atomic mass is 32.1. The Hall–Kier alpha value is -2.31. The Balaban J connectivity index is 1.38. The van der Waals surface area contributed by atoms with Crippen molar-refractivity contribution in [2.75, 3.05) is 37.8 Å². The Morgan fingerprint density at radius 2 is 1.85 bits per heavy atom. The predicted molar refractivity (Wildman–Crippen MR) is 116 cm³/mol. The van der Waals surface area contributed by atoms with Crippen LogP contribution in [0.25, 0.3) is 0 Å². The van der Waals surface area contributed by atoms with Crippen LogP contribution in [0.2, 0.25) is 0 Å². The van der Waals surface area contributed by atoms with E-state index in [1.165, 1.54) is 5.56 Å². The third-order valence-corrected chi connectivity index (χ3v) is 5.23. The second-order valence-corrected chi connectivity index (χ2v) is 7.31. The van der Waals surface area contributed by atoms with Crippen LogP contribution in [0.4, 0.5) is 11.4 Å². The van der Waals surface area contributed by atoms with E-state index >= 15 is 0 Å². The summed E-state index contributed by atoms with van der Waals surface area (Å²) in [6.07, 6.45) is 3.25. The average molecular weight is 385 g/mol. The molecule has 0 radical (unpaired) electrons. The van der Waals surface area contributed by atoms with E-state index in [0.717, 1.165) is 50.3 Å². The third kappa shape index (κ3) is 5.84. The fourth-order valence-corrected chi connectivity index (χ4v) is 3.61. The summed E-state index contributed by atoms with van der Waals surface area (Å²) in [6.45, 7) is 3.26. The number of nitrogen functional groups attached to an aromatic ring is 1. The molecule has 2 aromatic rings. The summed E-state index contributed by atoms with van der Waals surface area (Å²) in [4.78, 5) is 2.52. The molecule has 0 aliphatic carbocycles. The van der Waals surface area contributed by atoms with E-state index in [9.17, 15) is 0 Å². The number of nitrogens with two attached hydrogens (primary N) is 1. The first-order chi connectivity index (χ1) is 13.1. The summed E-state index contributed by atoms with van der Waals surface area (Å²) in [7, 11) is 1.70. The van der Waals surface area contributed by atoms with Gasteiger partial charge >= 0.3 is 0 Å². The Morgan fingerprint density at radius 3 is 2.52 bits per heavy atom. The molecule has 0 atom stereocenters. The number of piperidine rings is 1. The van der Waals surface area contributed by atoms with Crippen LogP contribution < -0.4 is 21.1 Å². The van der Waals surface area contributed by atoms with Gasteiger partial charge in [0.1, 0.15) is 5.75 Å². The van der Waals surface area contributed by atoms with E-state index < -0.39 is 0 Å². The van der Waals surface area contributed by atoms with E-state index in [0.29, 0.717) is 16.8 Å². The van der Waals surface area contributed by atoms with Crippen LogP contribution in [0, 0.1) is 0 Å². The van der Waals surface area contributed by atoms with Crippen molar-refractivity contribution in [1.29, 1.82) is 0 Å². The average Bonchev–Trinajstić information content (AvgIpc) is 2.69. The summed E-state index contributed by atoms with van der Waals surface area (Å²) in [6, 6.07) is 16.4. The molecule has 5 nitrogen and oxygen atoms in total. The van der Waals surface area contributed by atoms with E-state index in [-0.39, 0.29) is 0 Å². The Kier molecular flexibility index (Phi) is 6.90. The fourth-order valence-electron chi connectivity index (χ4n) is 3.33. The van der Waals surface area contributed by atoms with Crippen molar-refractivity contribution in [1.82, 2.24) is 10.2 Å². The summed E-state index contributed by atoms with van der Waals surface area (Å²) < 4.78 is 5.21. The summed E-state index contributed by atoms with van der Waals surface area (Å²) in [5, 5.41) is 7.27. The minimum atomic E-state index is 0.409. The largest absolute Gasteiger partial charge is 0.497 e. The second kappa shape index (κ2) is 9.58. The van der Waals surface area contributed by atoms with Crippen LogP contribution in [0.15, 0.2) is 48.5 Å². The molecule has 0 aromatic heterocycles. The van der Waals surface area contributed by atoms with Gasteiger partial charge in [0.15, 0.2) is 5.11 Å². The summed E-state index contributed by atoms with van der Waals surface area (Å²) in [5.74, 6) is 0.910. The normalized spacial score (nSPS) is 15.3. The molecule has 0 unspecified atom stereocenters. The van der Waals surface area contributed by atoms with Crippen LogP contribution in [0.5, 0.6) is 5.75 Å². The number of methoxy groups -OCH3 is 1. The number of likely N-dealkylation sites (tertiary alicyclic amines) is 1. The smallest absolute Gasteiger partial charge is 0.171 e. The maximum absolute atomic E-state index is 5.95. The lowest BCUT2D eigenvalue weighted by Gasteiger charge is -2.33. The van der Waals surface area contributed by atoms with Gasteiger partial charge in [-0.05, 0) is 61.3 Å². The van der Waals surface area contributed by atoms with E-state index in [2.05, 4.69) is 27.7 Å². The van der Waals surface area contributed by atoms with Gasteiger partial charge in [0.2, 0.25) is 0 Å². The summed E-state index contributed by atoms with van der Waals surface area (Å²) >= 11 is 5.44. The quantitative estimate of drug-likeness (QED) is 0.525. The molecule has 27 heavy (non-hydrogen) atoms. The number of anilines is 2. The molecule has 4 N–H and O–H groups in total. The minimum absolute atomic E-state index is 0.409. The minimum Gasteiger partial charge on any atom is -0.497 e. The number of para-hydroxylation sites is 2. The zero-order chi connectivity index (χ0) is 19.1. The molecule has 0 saturated carbocycles. The molecule has 0 spiro atoms. The highest BCUT2D eigenvalue weighted by molar-refractivity contribution is 7.80. The predicted octanol–water partition coefficient (Wildman–Crippen LogP) is 3.27. The van der Waals surface area contributed by atoms with Crippen molar-refractivity contribution in [2.24, 2.45) is 0 Å². The number of hydrogen-bond acceptors (Lipinski definition) is 4. The van der Waals surface area contributed by atoms with Crippen LogP contribution in [0.1, 0.15) is 18.4 Å². The lowest BCUT2D eigenvalue weighted by atomic mass is 10.0. The number of hydrogen-bond donors (Lipinski definition) is 3. The standard InChI is InChI=1S/C21H28N4OS/c1-26-18-8-6-16(7-9-18)10-13-25-14-11-17(12-15-25)23-21(27)24-20-5-3-2-4-19(20)22/h2-9,17H,10-15,22H2,1H3,(H2,23,24,27). The molecule has 1 heterocycles. The molecule has 1 saturated heterocycles. The first-order valence-electron chi connectivity index (χ1n) is 9.41. The van der Waals surface area contributed by atoms with Crippen LogP contribution >= 0.6 is 12.2 Å². The highest BCUT2D eigenvalue weighted by Gasteiger charge is 2.19. The number of thiocarbonyl (C=S) groups is 1. The van der Waals surface area contributed by atoms with Gasteiger partial charge in [-0.25, -0.2) is 0 Å². The monoisotopic (exact) mass is 384 g/mol. The SMILES string of the molecule is COc1ccc(CCN2CCC(NC(=S)Nc3ccccc3N)CC2)cc1. The van der Waals surface area contributed by atoms with Gasteiger partial charge in [0.25, 0.3) is 0 Å². The molecule has 144 valence electrons. The van der Waals surface area contributed by atoms with Crippen molar-refractivity contribution >= 4 is 28.7 Å². The van der Waals surface area contributed by atoms with Crippen molar-refractivity contribution < 1.29 is 4.74 Å². The Bertz CT molecular complexity index is 742. The number of nitrogens with one attached hydrogen (secondary N) is 2. The lowest BCUT2D eigenvalue weighted by Crippen LogP contribution is -2.46. The molecular weight excluding hydrogens is 356 g/mol. The fraction of sp³-hybridized carbons (Fsp3) is 0.381. The topological polar surface area (TPSA) is 62.5 Å². The third-order valence-electron chi connectivity index (χ3n) is 5.01. The van der Waals surface area contributed by atoms with E-state index in [1.54, 1.807) is 7.11 Å². The molecule has 1 aliphatic heterocycles. The van der Waals surface area contributed by atoms with Gasteiger partial charge in [0, 0.05) is 25.7 Å². The Labute approximate surface area is 166 Å².